The molecule has 1 unspecified atom stereocenters. The quantitative estimate of drug-likeness (QED) is 0.578. The Hall–Kier alpha value is -3.35. The van der Waals surface area contributed by atoms with E-state index in [2.05, 4.69) is 18.2 Å². The Balaban J connectivity index is 1.97. The minimum absolute atomic E-state index is 0.125. The van der Waals surface area contributed by atoms with E-state index in [9.17, 15) is 14.4 Å². The van der Waals surface area contributed by atoms with Gasteiger partial charge in [-0.3, -0.25) is 9.59 Å². The van der Waals surface area contributed by atoms with E-state index in [1.54, 1.807) is 12.1 Å². The maximum Gasteiger partial charge on any atom is 0.341 e. The van der Waals surface area contributed by atoms with Gasteiger partial charge >= 0.3 is 5.97 Å². The molecule has 0 aliphatic heterocycles. The van der Waals surface area contributed by atoms with Crippen LogP contribution in [0.1, 0.15) is 53.2 Å². The summed E-state index contributed by atoms with van der Waals surface area (Å²) < 4.78 is 7.34. The topological polar surface area (TPSA) is 111 Å². The van der Waals surface area contributed by atoms with Gasteiger partial charge in [-0.05, 0) is 49.8 Å². The standard InChI is InChI=1S/C22H22N2O5/c23-22(28)21(27)18-15-9-4-8-14(13-6-2-1-3-7-13)19(15)24-11-5-10-16(20(18)24)29-12-17(25)26/h1-2,5-6,10-11,14H,3-4,7-9,12H2,(H2,23,28)(H,25,26). The van der Waals surface area contributed by atoms with Gasteiger partial charge in [0.25, 0.3) is 11.7 Å². The molecule has 3 N–H and O–H groups in total. The number of fused-ring (bicyclic) bond motifs is 3. The molecule has 7 nitrogen and oxygen atoms in total. The number of ether oxygens (including phenoxy) is 1. The minimum atomic E-state index is -1.12. The van der Waals surface area contributed by atoms with Crippen LogP contribution in [0.2, 0.25) is 0 Å². The summed E-state index contributed by atoms with van der Waals surface area (Å²) in [6.07, 6.45) is 12.6. The van der Waals surface area contributed by atoms with Crippen LogP contribution in [-0.4, -0.2) is 33.8 Å². The lowest BCUT2D eigenvalue weighted by molar-refractivity contribution is -0.139. The fraction of sp³-hybridized carbons (Fsp3) is 0.318. The third-order valence-corrected chi connectivity index (χ3v) is 5.61. The maximum absolute atomic E-state index is 12.8. The van der Waals surface area contributed by atoms with Gasteiger partial charge in [-0.15, -0.1) is 0 Å². The number of hydrogen-bond donors (Lipinski definition) is 2. The number of carboxylic acid groups (broad SMARTS) is 1. The van der Waals surface area contributed by atoms with Gasteiger partial charge in [-0.2, -0.15) is 0 Å². The molecule has 0 saturated carbocycles. The van der Waals surface area contributed by atoms with Crippen molar-refractivity contribution in [3.05, 3.63) is 59.0 Å². The van der Waals surface area contributed by atoms with Crippen LogP contribution < -0.4 is 10.5 Å². The molecule has 1 amide bonds. The van der Waals surface area contributed by atoms with E-state index in [-0.39, 0.29) is 17.2 Å². The van der Waals surface area contributed by atoms with Gasteiger partial charge in [0, 0.05) is 17.8 Å². The number of primary amides is 1. The number of carboxylic acids is 1. The van der Waals surface area contributed by atoms with E-state index in [1.807, 2.05) is 10.6 Å². The summed E-state index contributed by atoms with van der Waals surface area (Å²) in [6.45, 7) is -0.543. The molecule has 29 heavy (non-hydrogen) atoms. The summed E-state index contributed by atoms with van der Waals surface area (Å²) in [6, 6.07) is 3.36. The van der Waals surface area contributed by atoms with Crippen molar-refractivity contribution in [1.29, 1.82) is 0 Å². The van der Waals surface area contributed by atoms with Gasteiger partial charge in [-0.1, -0.05) is 23.8 Å². The second kappa shape index (κ2) is 7.58. The molecule has 2 aliphatic rings. The molecule has 0 spiro atoms. The second-order valence-corrected chi connectivity index (χ2v) is 7.36. The number of rotatable bonds is 6. The zero-order valence-electron chi connectivity index (χ0n) is 15.9. The number of aromatic nitrogens is 1. The fourth-order valence-electron chi connectivity index (χ4n) is 4.50. The first-order valence-corrected chi connectivity index (χ1v) is 9.69. The second-order valence-electron chi connectivity index (χ2n) is 7.36. The molecule has 0 bridgehead atoms. The molecular weight excluding hydrogens is 372 g/mol. The largest absolute Gasteiger partial charge is 0.480 e. The van der Waals surface area contributed by atoms with Gasteiger partial charge in [0.15, 0.2) is 6.61 Å². The van der Waals surface area contributed by atoms with Gasteiger partial charge in [0.1, 0.15) is 5.75 Å². The van der Waals surface area contributed by atoms with E-state index >= 15 is 0 Å². The smallest absolute Gasteiger partial charge is 0.341 e. The van der Waals surface area contributed by atoms with Crippen molar-refractivity contribution in [2.45, 2.75) is 38.0 Å². The van der Waals surface area contributed by atoms with E-state index in [4.69, 9.17) is 15.6 Å². The van der Waals surface area contributed by atoms with Crippen molar-refractivity contribution >= 4 is 23.2 Å². The van der Waals surface area contributed by atoms with Crippen molar-refractivity contribution in [2.24, 2.45) is 5.73 Å². The molecule has 7 heteroatoms. The number of nitrogens with two attached hydrogens (primary N) is 1. The van der Waals surface area contributed by atoms with E-state index < -0.39 is 24.3 Å². The maximum atomic E-state index is 12.8. The zero-order valence-corrected chi connectivity index (χ0v) is 15.9. The summed E-state index contributed by atoms with van der Waals surface area (Å²) in [5, 5.41) is 9.00. The predicted molar refractivity (Wildman–Crippen MR) is 106 cm³/mol. The summed E-state index contributed by atoms with van der Waals surface area (Å²) in [4.78, 5) is 35.6. The van der Waals surface area contributed by atoms with Crippen molar-refractivity contribution < 1.29 is 24.2 Å². The molecule has 2 aromatic rings. The first kappa shape index (κ1) is 19.0. The zero-order chi connectivity index (χ0) is 20.5. The fourth-order valence-corrected chi connectivity index (χ4v) is 4.50. The molecule has 0 aromatic carbocycles. The molecule has 0 fully saturated rings. The molecule has 2 heterocycles. The number of carbonyl (C=O) groups is 3. The third kappa shape index (κ3) is 3.33. The van der Waals surface area contributed by atoms with E-state index in [0.29, 0.717) is 11.9 Å². The Kier molecular flexibility index (Phi) is 4.96. The summed E-state index contributed by atoms with van der Waals surface area (Å²) >= 11 is 0. The highest BCUT2D eigenvalue weighted by Crippen LogP contribution is 2.44. The average molecular weight is 394 g/mol. The summed E-state index contributed by atoms with van der Waals surface area (Å²) in [7, 11) is 0. The molecule has 2 aliphatic carbocycles. The first-order valence-electron chi connectivity index (χ1n) is 9.69. The lowest BCUT2D eigenvalue weighted by Crippen LogP contribution is -2.24. The van der Waals surface area contributed by atoms with Crippen LogP contribution in [0.4, 0.5) is 0 Å². The Bertz CT molecular complexity index is 1080. The number of ketones is 1. The average Bonchev–Trinajstić information content (AvgIpc) is 3.07. The normalized spacial score (nSPS) is 18.2. The van der Waals surface area contributed by atoms with Crippen LogP contribution in [0.15, 0.2) is 42.1 Å². The number of Topliss-reactive ketones (excluding diaryl/α,β-unsaturated/α-hetero) is 1. The van der Waals surface area contributed by atoms with Crippen molar-refractivity contribution in [2.75, 3.05) is 6.61 Å². The van der Waals surface area contributed by atoms with Crippen LogP contribution in [-0.2, 0) is 16.0 Å². The third-order valence-electron chi connectivity index (χ3n) is 5.61. The lowest BCUT2D eigenvalue weighted by Gasteiger charge is -2.27. The van der Waals surface area contributed by atoms with Crippen molar-refractivity contribution in [3.8, 4) is 5.75 Å². The molecule has 150 valence electrons. The number of aliphatic carboxylic acids is 1. The summed E-state index contributed by atoms with van der Waals surface area (Å²) in [5.41, 5.74) is 9.08. The van der Waals surface area contributed by atoms with E-state index in [1.165, 1.54) is 5.57 Å². The highest BCUT2D eigenvalue weighted by atomic mass is 16.5. The van der Waals surface area contributed by atoms with Crippen LogP contribution in [0.3, 0.4) is 0 Å². The van der Waals surface area contributed by atoms with E-state index in [0.717, 1.165) is 36.9 Å². The Labute approximate surface area is 167 Å². The summed E-state index contributed by atoms with van der Waals surface area (Å²) in [5.74, 6) is -2.54. The molecule has 1 atom stereocenters. The Morgan fingerprint density at radius 1 is 1.28 bits per heavy atom. The highest BCUT2D eigenvalue weighted by Gasteiger charge is 2.34. The van der Waals surface area contributed by atoms with Crippen molar-refractivity contribution in [3.63, 3.8) is 0 Å². The Morgan fingerprint density at radius 2 is 2.10 bits per heavy atom. The number of pyridine rings is 1. The molecule has 2 aromatic heterocycles. The molecule has 0 saturated heterocycles. The van der Waals surface area contributed by atoms with Gasteiger partial charge in [-0.25, -0.2) is 4.79 Å². The molecule has 4 rings (SSSR count). The predicted octanol–water partition coefficient (Wildman–Crippen LogP) is 2.77. The molecular formula is C22H22N2O5. The van der Waals surface area contributed by atoms with Gasteiger partial charge in [0.2, 0.25) is 0 Å². The number of hydrogen-bond acceptors (Lipinski definition) is 4. The monoisotopic (exact) mass is 394 g/mol. The number of nitrogens with zero attached hydrogens (tertiary/aromatic N) is 1. The highest BCUT2D eigenvalue weighted by molar-refractivity contribution is 6.44. The number of amides is 1. The van der Waals surface area contributed by atoms with Crippen LogP contribution >= 0.6 is 0 Å². The van der Waals surface area contributed by atoms with Crippen LogP contribution in [0.5, 0.6) is 5.75 Å². The van der Waals surface area contributed by atoms with Crippen LogP contribution in [0, 0.1) is 0 Å². The van der Waals surface area contributed by atoms with Crippen molar-refractivity contribution in [1.82, 2.24) is 4.40 Å². The van der Waals surface area contributed by atoms with Crippen LogP contribution in [0.25, 0.3) is 5.52 Å². The molecule has 0 radical (unpaired) electrons. The number of allylic oxidation sites excluding steroid dienone is 4. The first-order chi connectivity index (χ1) is 14.0. The number of carbonyl (C=O) groups excluding carboxylic acids is 2. The van der Waals surface area contributed by atoms with Gasteiger partial charge in [0.05, 0.1) is 11.1 Å². The minimum Gasteiger partial charge on any atom is -0.480 e. The Morgan fingerprint density at radius 3 is 2.79 bits per heavy atom. The SMILES string of the molecule is NC(=O)C(=O)c1c2c(n3cccc(OCC(=O)O)c13)C(C1=CC=CCC1)CCC2. The van der Waals surface area contributed by atoms with Gasteiger partial charge < -0.3 is 20.0 Å². The lowest BCUT2D eigenvalue weighted by atomic mass is 9.79.